The first kappa shape index (κ1) is 12.4. The number of anilines is 1. The zero-order chi connectivity index (χ0) is 13.7. The molecule has 2 aliphatic rings. The molecule has 100 valence electrons. The van der Waals surface area contributed by atoms with Gasteiger partial charge in [0.1, 0.15) is 6.04 Å². The van der Waals surface area contributed by atoms with Crippen molar-refractivity contribution in [2.45, 2.75) is 32.1 Å². The third-order valence-corrected chi connectivity index (χ3v) is 4.27. The van der Waals surface area contributed by atoms with E-state index in [-0.39, 0.29) is 11.9 Å². The zero-order valence-corrected chi connectivity index (χ0v) is 11.3. The van der Waals surface area contributed by atoms with Crippen molar-refractivity contribution in [3.05, 3.63) is 35.4 Å². The van der Waals surface area contributed by atoms with Gasteiger partial charge in [0.05, 0.1) is 11.8 Å². The Balaban J connectivity index is 2.19. The van der Waals surface area contributed by atoms with Crippen LogP contribution in [-0.4, -0.2) is 36.4 Å². The number of ether oxygens (including phenoxy) is 1. The zero-order valence-electron chi connectivity index (χ0n) is 11.3. The van der Waals surface area contributed by atoms with E-state index < -0.39 is 12.2 Å². The second-order valence-corrected chi connectivity index (χ2v) is 5.13. The number of para-hydroxylation sites is 1. The number of methoxy groups -OCH3 is 1. The number of nitrogens with zero attached hydrogens (tertiary/aromatic N) is 1. The van der Waals surface area contributed by atoms with Gasteiger partial charge in [0.25, 0.3) is 5.91 Å². The average molecular weight is 259 g/mol. The molecular formula is C15H17NO3. The van der Waals surface area contributed by atoms with Gasteiger partial charge in [0.2, 0.25) is 0 Å². The monoisotopic (exact) mass is 259 g/mol. The van der Waals surface area contributed by atoms with E-state index in [1.165, 1.54) is 7.11 Å². The molecule has 1 saturated heterocycles. The third kappa shape index (κ3) is 1.50. The Morgan fingerprint density at radius 3 is 2.63 bits per heavy atom. The summed E-state index contributed by atoms with van der Waals surface area (Å²) in [5.74, 6) is -0.0819. The lowest BCUT2D eigenvalue weighted by atomic mass is 9.89. The van der Waals surface area contributed by atoms with E-state index in [0.717, 1.165) is 22.4 Å². The SMILES string of the molecule is CO[C@@H]1C(=O)N2c3ccccc3C(C)=C(C)[C@H](O)[C@H]12. The molecule has 0 spiro atoms. The third-order valence-electron chi connectivity index (χ3n) is 4.27. The summed E-state index contributed by atoms with van der Waals surface area (Å²) < 4.78 is 5.22. The Bertz CT molecular complexity index is 579. The van der Waals surface area contributed by atoms with Crippen LogP contribution >= 0.6 is 0 Å². The molecule has 3 rings (SSSR count). The summed E-state index contributed by atoms with van der Waals surface area (Å²) in [7, 11) is 1.51. The van der Waals surface area contributed by atoms with Gasteiger partial charge in [-0.05, 0) is 31.1 Å². The average Bonchev–Trinajstić information content (AvgIpc) is 2.49. The van der Waals surface area contributed by atoms with Crippen molar-refractivity contribution in [2.75, 3.05) is 12.0 Å². The molecule has 1 aromatic rings. The Labute approximate surface area is 112 Å². The number of hydrogen-bond donors (Lipinski definition) is 1. The lowest BCUT2D eigenvalue weighted by molar-refractivity contribution is -0.142. The van der Waals surface area contributed by atoms with Crippen molar-refractivity contribution in [1.29, 1.82) is 0 Å². The predicted molar refractivity (Wildman–Crippen MR) is 72.8 cm³/mol. The molecule has 2 heterocycles. The van der Waals surface area contributed by atoms with Crippen molar-refractivity contribution in [3.8, 4) is 0 Å². The first-order chi connectivity index (χ1) is 9.07. The van der Waals surface area contributed by atoms with Crippen LogP contribution in [0.4, 0.5) is 5.69 Å². The van der Waals surface area contributed by atoms with Gasteiger partial charge in [-0.2, -0.15) is 0 Å². The summed E-state index contributed by atoms with van der Waals surface area (Å²) in [4.78, 5) is 13.8. The maximum atomic E-state index is 12.2. The number of carbonyl (C=O) groups is 1. The number of allylic oxidation sites excluding steroid dienone is 1. The van der Waals surface area contributed by atoms with Crippen LogP contribution in [0.3, 0.4) is 0 Å². The number of amides is 1. The number of benzene rings is 1. The van der Waals surface area contributed by atoms with Gasteiger partial charge < -0.3 is 14.7 Å². The highest BCUT2D eigenvalue weighted by molar-refractivity contribution is 6.07. The number of aliphatic hydroxyl groups excluding tert-OH is 1. The highest BCUT2D eigenvalue weighted by Gasteiger charge is 2.54. The highest BCUT2D eigenvalue weighted by atomic mass is 16.5. The van der Waals surface area contributed by atoms with E-state index in [2.05, 4.69) is 0 Å². The first-order valence-corrected chi connectivity index (χ1v) is 6.38. The van der Waals surface area contributed by atoms with Crippen LogP contribution in [0.15, 0.2) is 29.8 Å². The molecule has 1 fully saturated rings. The van der Waals surface area contributed by atoms with E-state index in [4.69, 9.17) is 4.74 Å². The quantitative estimate of drug-likeness (QED) is 0.779. The van der Waals surface area contributed by atoms with Gasteiger partial charge in [0, 0.05) is 12.7 Å². The van der Waals surface area contributed by atoms with Crippen LogP contribution in [0.2, 0.25) is 0 Å². The minimum Gasteiger partial charge on any atom is -0.386 e. The van der Waals surface area contributed by atoms with E-state index in [1.54, 1.807) is 4.90 Å². The summed E-state index contributed by atoms with van der Waals surface area (Å²) in [6, 6.07) is 7.43. The molecule has 0 aliphatic carbocycles. The standard InChI is InChI=1S/C15H17NO3/c1-8-9(2)13(17)12-14(19-3)15(18)16(12)11-7-5-4-6-10(8)11/h4-7,12-14,17H,1-3H3/t12-,13+,14+/m1/s1. The maximum Gasteiger partial charge on any atom is 0.258 e. The van der Waals surface area contributed by atoms with Crippen LogP contribution in [0.1, 0.15) is 19.4 Å². The number of β-lactam (4-membered cyclic amide) rings is 1. The lowest BCUT2D eigenvalue weighted by Gasteiger charge is -2.47. The van der Waals surface area contributed by atoms with Gasteiger partial charge >= 0.3 is 0 Å². The second kappa shape index (κ2) is 4.18. The predicted octanol–water partition coefficient (Wildman–Crippen LogP) is 1.58. The van der Waals surface area contributed by atoms with Gasteiger partial charge in [-0.1, -0.05) is 18.2 Å². The topological polar surface area (TPSA) is 49.8 Å². The molecule has 1 amide bonds. The van der Waals surface area contributed by atoms with Crippen LogP contribution < -0.4 is 4.90 Å². The number of fused-ring (bicyclic) bond motifs is 3. The molecule has 0 radical (unpaired) electrons. The minimum absolute atomic E-state index is 0.0819. The normalized spacial score (nSPS) is 29.6. The van der Waals surface area contributed by atoms with E-state index in [1.807, 2.05) is 38.1 Å². The number of rotatable bonds is 1. The van der Waals surface area contributed by atoms with Gasteiger partial charge in [-0.3, -0.25) is 4.79 Å². The van der Waals surface area contributed by atoms with E-state index in [9.17, 15) is 9.90 Å². The van der Waals surface area contributed by atoms with Gasteiger partial charge in [-0.15, -0.1) is 0 Å². The number of aliphatic hydroxyl groups is 1. The Kier molecular flexibility index (Phi) is 2.73. The maximum absolute atomic E-state index is 12.2. The van der Waals surface area contributed by atoms with Crippen molar-refractivity contribution < 1.29 is 14.6 Å². The number of hydrogen-bond acceptors (Lipinski definition) is 3. The second-order valence-electron chi connectivity index (χ2n) is 5.13. The first-order valence-electron chi connectivity index (χ1n) is 6.38. The molecular weight excluding hydrogens is 242 g/mol. The molecule has 0 unspecified atom stereocenters. The fourth-order valence-electron chi connectivity index (χ4n) is 3.00. The van der Waals surface area contributed by atoms with Crippen molar-refractivity contribution in [3.63, 3.8) is 0 Å². The van der Waals surface area contributed by atoms with E-state index >= 15 is 0 Å². The van der Waals surface area contributed by atoms with Crippen LogP contribution in [0, 0.1) is 0 Å². The lowest BCUT2D eigenvalue weighted by Crippen LogP contribution is -2.70. The molecule has 4 heteroatoms. The molecule has 0 saturated carbocycles. The fourth-order valence-corrected chi connectivity index (χ4v) is 3.00. The number of carbonyl (C=O) groups excluding carboxylic acids is 1. The smallest absolute Gasteiger partial charge is 0.258 e. The van der Waals surface area contributed by atoms with Crippen LogP contribution in [-0.2, 0) is 9.53 Å². The molecule has 4 nitrogen and oxygen atoms in total. The van der Waals surface area contributed by atoms with Gasteiger partial charge in [-0.25, -0.2) is 0 Å². The largest absolute Gasteiger partial charge is 0.386 e. The van der Waals surface area contributed by atoms with Gasteiger partial charge in [0.15, 0.2) is 6.10 Å². The molecule has 3 atom stereocenters. The molecule has 1 aromatic carbocycles. The molecule has 0 aromatic heterocycles. The van der Waals surface area contributed by atoms with Crippen molar-refractivity contribution in [1.82, 2.24) is 0 Å². The Morgan fingerprint density at radius 2 is 1.95 bits per heavy atom. The molecule has 19 heavy (non-hydrogen) atoms. The molecule has 2 aliphatic heterocycles. The van der Waals surface area contributed by atoms with E-state index in [0.29, 0.717) is 0 Å². The fraction of sp³-hybridized carbons (Fsp3) is 0.400. The Hall–Kier alpha value is -1.65. The summed E-state index contributed by atoms with van der Waals surface area (Å²) >= 11 is 0. The van der Waals surface area contributed by atoms with Crippen LogP contribution in [0.25, 0.3) is 5.57 Å². The summed E-state index contributed by atoms with van der Waals surface area (Å²) in [5.41, 5.74) is 3.79. The molecule has 1 N–H and O–H groups in total. The minimum atomic E-state index is -0.685. The van der Waals surface area contributed by atoms with Crippen LogP contribution in [0.5, 0.6) is 0 Å². The summed E-state index contributed by atoms with van der Waals surface area (Å²) in [5, 5.41) is 10.5. The summed E-state index contributed by atoms with van der Waals surface area (Å²) in [6.45, 7) is 3.89. The van der Waals surface area contributed by atoms with Crippen molar-refractivity contribution >= 4 is 17.2 Å². The molecule has 0 bridgehead atoms. The highest BCUT2D eigenvalue weighted by Crippen LogP contribution is 2.42. The van der Waals surface area contributed by atoms with Crippen molar-refractivity contribution in [2.24, 2.45) is 0 Å². The Morgan fingerprint density at radius 1 is 1.26 bits per heavy atom. The summed E-state index contributed by atoms with van der Waals surface area (Å²) in [6.07, 6.45) is -1.24.